The number of furan rings is 1. The van der Waals surface area contributed by atoms with Gasteiger partial charge in [0.1, 0.15) is 11.8 Å². The highest BCUT2D eigenvalue weighted by molar-refractivity contribution is 5.91. The van der Waals surface area contributed by atoms with Crippen molar-refractivity contribution < 1.29 is 14.0 Å². The zero-order valence-corrected chi connectivity index (χ0v) is 14.4. The molecule has 0 spiro atoms. The van der Waals surface area contributed by atoms with E-state index in [-0.39, 0.29) is 30.2 Å². The molecule has 24 heavy (non-hydrogen) atoms. The molecule has 6 nitrogen and oxygen atoms in total. The fourth-order valence-electron chi connectivity index (χ4n) is 2.54. The Hall–Kier alpha value is -2.60. The van der Waals surface area contributed by atoms with E-state index in [1.54, 1.807) is 12.1 Å². The quantitative estimate of drug-likeness (QED) is 0.848. The molecule has 1 aromatic carbocycles. The van der Waals surface area contributed by atoms with Crippen molar-refractivity contribution in [3.63, 3.8) is 0 Å². The number of carbonyl (C=O) groups is 2. The highest BCUT2D eigenvalue weighted by atomic mass is 16.4. The molecule has 1 aromatic heterocycles. The highest BCUT2D eigenvalue weighted by Gasteiger charge is 2.24. The van der Waals surface area contributed by atoms with Crippen molar-refractivity contribution in [2.75, 3.05) is 21.1 Å². The van der Waals surface area contributed by atoms with E-state index in [1.165, 1.54) is 7.05 Å². The van der Waals surface area contributed by atoms with Gasteiger partial charge in [-0.2, -0.15) is 0 Å². The monoisotopic (exact) mass is 329 g/mol. The summed E-state index contributed by atoms with van der Waals surface area (Å²) in [7, 11) is 5.27. The van der Waals surface area contributed by atoms with Crippen molar-refractivity contribution in [2.24, 2.45) is 0 Å². The van der Waals surface area contributed by atoms with Crippen molar-refractivity contribution in [1.82, 2.24) is 15.5 Å². The number of nitrogens with one attached hydrogen (secondary N) is 2. The van der Waals surface area contributed by atoms with Gasteiger partial charge in [-0.15, -0.1) is 0 Å². The minimum Gasteiger partial charge on any atom is -0.454 e. The first-order valence-corrected chi connectivity index (χ1v) is 7.74. The fraction of sp³-hybridized carbons (Fsp3) is 0.333. The molecule has 2 rings (SSSR count). The second-order valence-corrected chi connectivity index (χ2v) is 5.79. The largest absolute Gasteiger partial charge is 0.454 e. The van der Waals surface area contributed by atoms with Gasteiger partial charge in [-0.3, -0.25) is 14.5 Å². The van der Waals surface area contributed by atoms with Gasteiger partial charge in [0.15, 0.2) is 5.76 Å². The first kappa shape index (κ1) is 17.7. The Bertz CT molecular complexity index is 722. The summed E-state index contributed by atoms with van der Waals surface area (Å²) >= 11 is 0. The number of benzene rings is 1. The minimum atomic E-state index is -0.389. The van der Waals surface area contributed by atoms with Gasteiger partial charge in [-0.25, -0.2) is 0 Å². The van der Waals surface area contributed by atoms with Crippen molar-refractivity contribution in [1.29, 1.82) is 0 Å². The number of amides is 2. The van der Waals surface area contributed by atoms with E-state index >= 15 is 0 Å². The van der Waals surface area contributed by atoms with E-state index in [4.69, 9.17) is 4.42 Å². The van der Waals surface area contributed by atoms with E-state index in [2.05, 4.69) is 10.6 Å². The Morgan fingerprint density at radius 3 is 2.50 bits per heavy atom. The Morgan fingerprint density at radius 2 is 1.88 bits per heavy atom. The topological polar surface area (TPSA) is 74.6 Å². The lowest BCUT2D eigenvalue weighted by Gasteiger charge is -2.25. The first-order chi connectivity index (χ1) is 11.4. The zero-order valence-electron chi connectivity index (χ0n) is 14.4. The van der Waals surface area contributed by atoms with Crippen LogP contribution >= 0.6 is 0 Å². The van der Waals surface area contributed by atoms with Crippen molar-refractivity contribution in [2.45, 2.75) is 19.5 Å². The van der Waals surface area contributed by atoms with Gasteiger partial charge in [0.2, 0.25) is 5.91 Å². The van der Waals surface area contributed by atoms with Gasteiger partial charge in [0, 0.05) is 7.05 Å². The van der Waals surface area contributed by atoms with Gasteiger partial charge < -0.3 is 15.1 Å². The SMILES string of the molecule is CNC(=O)c1ccc(CNC(=O)[C@@H](c2ccccc2C)N(C)C)o1. The van der Waals surface area contributed by atoms with Crippen LogP contribution in [0.15, 0.2) is 40.8 Å². The molecule has 0 aliphatic carbocycles. The van der Waals surface area contributed by atoms with Crippen LogP contribution in [-0.2, 0) is 11.3 Å². The summed E-state index contributed by atoms with van der Waals surface area (Å²) in [5.41, 5.74) is 2.02. The van der Waals surface area contributed by atoms with Crippen LogP contribution in [0.2, 0.25) is 0 Å². The molecule has 0 aliphatic heterocycles. The number of rotatable bonds is 6. The molecule has 2 amide bonds. The van der Waals surface area contributed by atoms with E-state index in [0.717, 1.165) is 11.1 Å². The molecule has 2 N–H and O–H groups in total. The van der Waals surface area contributed by atoms with Crippen LogP contribution in [-0.4, -0.2) is 37.9 Å². The lowest BCUT2D eigenvalue weighted by Crippen LogP contribution is -2.37. The maximum absolute atomic E-state index is 12.6. The summed E-state index contributed by atoms with van der Waals surface area (Å²) in [6.07, 6.45) is 0. The Morgan fingerprint density at radius 1 is 1.17 bits per heavy atom. The Kier molecular flexibility index (Phi) is 5.76. The summed E-state index contributed by atoms with van der Waals surface area (Å²) in [5, 5.41) is 5.36. The van der Waals surface area contributed by atoms with E-state index in [0.29, 0.717) is 5.76 Å². The molecule has 128 valence electrons. The molecular weight excluding hydrogens is 306 g/mol. The fourth-order valence-corrected chi connectivity index (χ4v) is 2.54. The van der Waals surface area contributed by atoms with E-state index in [1.807, 2.05) is 50.2 Å². The van der Waals surface area contributed by atoms with Crippen LogP contribution in [0.3, 0.4) is 0 Å². The van der Waals surface area contributed by atoms with Crippen LogP contribution in [0, 0.1) is 6.92 Å². The third-order valence-electron chi connectivity index (χ3n) is 3.80. The maximum Gasteiger partial charge on any atom is 0.286 e. The van der Waals surface area contributed by atoms with Crippen LogP contribution in [0.1, 0.15) is 33.5 Å². The van der Waals surface area contributed by atoms with Crippen LogP contribution in [0.5, 0.6) is 0 Å². The third kappa shape index (κ3) is 4.02. The van der Waals surface area contributed by atoms with Crippen molar-refractivity contribution in [3.05, 3.63) is 59.0 Å². The molecule has 0 bridgehead atoms. The predicted molar refractivity (Wildman–Crippen MR) is 91.6 cm³/mol. The molecule has 0 fully saturated rings. The van der Waals surface area contributed by atoms with E-state index < -0.39 is 0 Å². The normalized spacial score (nSPS) is 12.0. The maximum atomic E-state index is 12.6. The number of hydrogen-bond donors (Lipinski definition) is 2. The Labute approximate surface area is 141 Å². The number of aryl methyl sites for hydroxylation is 1. The molecule has 0 unspecified atom stereocenters. The summed E-state index contributed by atoms with van der Waals surface area (Å²) in [6, 6.07) is 10.7. The van der Waals surface area contributed by atoms with Gasteiger partial charge in [-0.1, -0.05) is 24.3 Å². The average molecular weight is 329 g/mol. The third-order valence-corrected chi connectivity index (χ3v) is 3.80. The molecule has 0 saturated heterocycles. The number of carbonyl (C=O) groups excluding carboxylic acids is 2. The zero-order chi connectivity index (χ0) is 17.7. The molecule has 1 heterocycles. The second-order valence-electron chi connectivity index (χ2n) is 5.79. The number of hydrogen-bond acceptors (Lipinski definition) is 4. The summed E-state index contributed by atoms with van der Waals surface area (Å²) in [4.78, 5) is 26.0. The summed E-state index contributed by atoms with van der Waals surface area (Å²) in [6.45, 7) is 2.22. The van der Waals surface area contributed by atoms with Gasteiger partial charge in [0.05, 0.1) is 6.54 Å². The Balaban J connectivity index is 2.08. The lowest BCUT2D eigenvalue weighted by molar-refractivity contribution is -0.126. The molecule has 0 aliphatic rings. The average Bonchev–Trinajstić information content (AvgIpc) is 3.03. The van der Waals surface area contributed by atoms with Crippen LogP contribution in [0.25, 0.3) is 0 Å². The van der Waals surface area contributed by atoms with Crippen LogP contribution in [0.4, 0.5) is 0 Å². The minimum absolute atomic E-state index is 0.118. The summed E-state index contributed by atoms with van der Waals surface area (Å²) < 4.78 is 5.42. The molecule has 2 aromatic rings. The molecule has 0 radical (unpaired) electrons. The molecule has 0 saturated carbocycles. The number of likely N-dealkylation sites (N-methyl/N-ethyl adjacent to an activating group) is 1. The number of nitrogens with zero attached hydrogens (tertiary/aromatic N) is 1. The highest BCUT2D eigenvalue weighted by Crippen LogP contribution is 2.22. The van der Waals surface area contributed by atoms with E-state index in [9.17, 15) is 9.59 Å². The predicted octanol–water partition coefficient (Wildman–Crippen LogP) is 1.87. The van der Waals surface area contributed by atoms with Crippen molar-refractivity contribution >= 4 is 11.8 Å². The first-order valence-electron chi connectivity index (χ1n) is 7.74. The van der Waals surface area contributed by atoms with Gasteiger partial charge >= 0.3 is 0 Å². The second kappa shape index (κ2) is 7.79. The molecule has 1 atom stereocenters. The lowest BCUT2D eigenvalue weighted by atomic mass is 10.00. The smallest absolute Gasteiger partial charge is 0.286 e. The molecule has 6 heteroatoms. The van der Waals surface area contributed by atoms with Crippen LogP contribution < -0.4 is 10.6 Å². The summed E-state index contributed by atoms with van der Waals surface area (Å²) in [5.74, 6) is 0.347. The molecular formula is C18H23N3O3. The standard InChI is InChI=1S/C18H23N3O3/c1-12-7-5-6-8-14(12)16(21(3)4)18(23)20-11-13-9-10-15(24-13)17(22)19-2/h5-10,16H,11H2,1-4H3,(H,19,22)(H,20,23)/t16-/m1/s1. The van der Waals surface area contributed by atoms with Crippen molar-refractivity contribution in [3.8, 4) is 0 Å². The van der Waals surface area contributed by atoms with Gasteiger partial charge in [-0.05, 0) is 44.3 Å². The van der Waals surface area contributed by atoms with Gasteiger partial charge in [0.25, 0.3) is 5.91 Å².